The number of fused-ring (bicyclic) bond motifs is 4. The second-order valence-corrected chi connectivity index (χ2v) is 6.78. The van der Waals surface area contributed by atoms with Crippen LogP contribution in [-0.4, -0.2) is 7.05 Å². The molecule has 0 bridgehead atoms. The zero-order valence-corrected chi connectivity index (χ0v) is 14.7. The molecule has 26 heavy (non-hydrogen) atoms. The van der Waals surface area contributed by atoms with E-state index < -0.39 is 0 Å². The van der Waals surface area contributed by atoms with Gasteiger partial charge in [-0.25, -0.2) is 0 Å². The molecular weight excluding hydrogens is 314 g/mol. The monoisotopic (exact) mass is 333 g/mol. The number of hydrogen-bond donors (Lipinski definition) is 0. The Hall–Kier alpha value is -3.32. The second-order valence-electron chi connectivity index (χ2n) is 6.78. The molecule has 0 N–H and O–H groups in total. The van der Waals surface area contributed by atoms with Crippen molar-refractivity contribution in [3.05, 3.63) is 97.1 Å². The van der Waals surface area contributed by atoms with E-state index in [1.54, 1.807) is 0 Å². The Morgan fingerprint density at radius 3 is 1.85 bits per heavy atom. The molecule has 1 heteroatoms. The molecule has 0 saturated heterocycles. The molecule has 0 amide bonds. The molecule has 0 atom stereocenters. The molecule has 1 nitrogen and oxygen atoms in total. The normalized spacial score (nSPS) is 11.3. The van der Waals surface area contributed by atoms with E-state index in [1.807, 2.05) is 0 Å². The maximum absolute atomic E-state index is 2.27. The highest BCUT2D eigenvalue weighted by Gasteiger charge is 2.07. The van der Waals surface area contributed by atoms with Crippen LogP contribution in [0.3, 0.4) is 0 Å². The van der Waals surface area contributed by atoms with Crippen molar-refractivity contribution in [1.82, 2.24) is 0 Å². The van der Waals surface area contributed by atoms with Crippen LogP contribution in [0.5, 0.6) is 0 Å². The third-order valence-corrected chi connectivity index (χ3v) is 5.24. The van der Waals surface area contributed by atoms with Crippen LogP contribution in [0, 0.1) is 0 Å². The predicted octanol–water partition coefficient (Wildman–Crippen LogP) is 6.91. The number of benzene rings is 5. The molecule has 0 aliphatic carbocycles. The van der Waals surface area contributed by atoms with Crippen LogP contribution in [0.2, 0.25) is 0 Å². The van der Waals surface area contributed by atoms with Gasteiger partial charge in [-0.1, -0.05) is 72.8 Å². The van der Waals surface area contributed by atoms with Crippen LogP contribution in [-0.2, 0) is 0 Å². The van der Waals surface area contributed by atoms with Crippen molar-refractivity contribution in [1.29, 1.82) is 0 Å². The number of nitrogens with zero attached hydrogens (tertiary/aromatic N) is 1. The average Bonchev–Trinajstić information content (AvgIpc) is 2.72. The summed E-state index contributed by atoms with van der Waals surface area (Å²) in [5.41, 5.74) is 2.40. The van der Waals surface area contributed by atoms with Gasteiger partial charge in [0.05, 0.1) is 0 Å². The molecule has 0 radical (unpaired) electrons. The minimum atomic E-state index is 1.20. The van der Waals surface area contributed by atoms with Crippen molar-refractivity contribution in [2.24, 2.45) is 0 Å². The Kier molecular flexibility index (Phi) is 3.39. The fraction of sp³-hybridized carbons (Fsp3) is 0.0400. The fourth-order valence-corrected chi connectivity index (χ4v) is 3.74. The summed E-state index contributed by atoms with van der Waals surface area (Å²) >= 11 is 0. The lowest BCUT2D eigenvalue weighted by Crippen LogP contribution is -2.09. The van der Waals surface area contributed by atoms with Crippen LogP contribution in [0.1, 0.15) is 0 Å². The van der Waals surface area contributed by atoms with Crippen molar-refractivity contribution in [3.8, 4) is 0 Å². The Labute approximate surface area is 153 Å². The van der Waals surface area contributed by atoms with Gasteiger partial charge in [0.2, 0.25) is 0 Å². The molecule has 5 aromatic carbocycles. The van der Waals surface area contributed by atoms with Gasteiger partial charge >= 0.3 is 0 Å². The van der Waals surface area contributed by atoms with Gasteiger partial charge in [-0.05, 0) is 56.6 Å². The van der Waals surface area contributed by atoms with Crippen molar-refractivity contribution < 1.29 is 0 Å². The fourth-order valence-electron chi connectivity index (χ4n) is 3.74. The molecular formula is C25H19N. The van der Waals surface area contributed by atoms with Crippen molar-refractivity contribution in [3.63, 3.8) is 0 Å². The first-order valence-electron chi connectivity index (χ1n) is 8.94. The van der Waals surface area contributed by atoms with Crippen LogP contribution in [0.4, 0.5) is 11.4 Å². The van der Waals surface area contributed by atoms with E-state index in [0.717, 1.165) is 0 Å². The minimum absolute atomic E-state index is 1.20. The summed E-state index contributed by atoms with van der Waals surface area (Å²) in [7, 11) is 2.13. The van der Waals surface area contributed by atoms with E-state index in [0.29, 0.717) is 0 Å². The summed E-state index contributed by atoms with van der Waals surface area (Å²) in [6.45, 7) is 0. The SMILES string of the molecule is CN(c1ccc2ccccc2c1)c1ccc2c(ccc3ccccc32)c1. The Balaban J connectivity index is 1.61. The summed E-state index contributed by atoms with van der Waals surface area (Å²) in [5, 5.41) is 7.71. The van der Waals surface area contributed by atoms with Crippen LogP contribution >= 0.6 is 0 Å². The van der Waals surface area contributed by atoms with E-state index in [1.165, 1.54) is 43.7 Å². The van der Waals surface area contributed by atoms with Crippen molar-refractivity contribution in [2.45, 2.75) is 0 Å². The van der Waals surface area contributed by atoms with E-state index >= 15 is 0 Å². The van der Waals surface area contributed by atoms with Crippen molar-refractivity contribution in [2.75, 3.05) is 11.9 Å². The summed E-state index contributed by atoms with van der Waals surface area (Å²) in [6, 6.07) is 34.8. The summed E-state index contributed by atoms with van der Waals surface area (Å²) in [6.07, 6.45) is 0. The third kappa shape index (κ3) is 2.41. The van der Waals surface area contributed by atoms with E-state index in [-0.39, 0.29) is 0 Å². The van der Waals surface area contributed by atoms with Gasteiger partial charge in [0.1, 0.15) is 0 Å². The molecule has 0 saturated carbocycles. The highest BCUT2D eigenvalue weighted by molar-refractivity contribution is 6.08. The molecule has 0 fully saturated rings. The predicted molar refractivity (Wildman–Crippen MR) is 113 cm³/mol. The lowest BCUT2D eigenvalue weighted by molar-refractivity contribution is 1.22. The first kappa shape index (κ1) is 15.0. The Morgan fingerprint density at radius 1 is 0.462 bits per heavy atom. The van der Waals surface area contributed by atoms with Gasteiger partial charge in [0, 0.05) is 18.4 Å². The van der Waals surface area contributed by atoms with Crippen LogP contribution in [0.15, 0.2) is 97.1 Å². The summed E-state index contributed by atoms with van der Waals surface area (Å²) in [5.74, 6) is 0. The molecule has 5 rings (SSSR count). The van der Waals surface area contributed by atoms with Gasteiger partial charge in [-0.2, -0.15) is 0 Å². The van der Waals surface area contributed by atoms with Gasteiger partial charge in [-0.3, -0.25) is 0 Å². The molecule has 0 unspecified atom stereocenters. The average molecular weight is 333 g/mol. The molecule has 124 valence electrons. The lowest BCUT2D eigenvalue weighted by Gasteiger charge is -2.21. The molecule has 0 heterocycles. The van der Waals surface area contributed by atoms with Gasteiger partial charge < -0.3 is 4.90 Å². The number of hydrogen-bond acceptors (Lipinski definition) is 1. The first-order chi connectivity index (χ1) is 12.8. The zero-order chi connectivity index (χ0) is 17.5. The quantitative estimate of drug-likeness (QED) is 0.317. The summed E-state index contributed by atoms with van der Waals surface area (Å²) < 4.78 is 0. The van der Waals surface area contributed by atoms with Crippen molar-refractivity contribution >= 4 is 43.7 Å². The molecule has 5 aromatic rings. The van der Waals surface area contributed by atoms with E-state index in [9.17, 15) is 0 Å². The first-order valence-corrected chi connectivity index (χ1v) is 8.94. The van der Waals surface area contributed by atoms with E-state index in [2.05, 4.69) is 109 Å². The highest BCUT2D eigenvalue weighted by Crippen LogP contribution is 2.32. The van der Waals surface area contributed by atoms with Crippen LogP contribution < -0.4 is 4.90 Å². The lowest BCUT2D eigenvalue weighted by atomic mass is 10.0. The maximum Gasteiger partial charge on any atom is 0.0414 e. The number of rotatable bonds is 2. The minimum Gasteiger partial charge on any atom is -0.345 e. The molecule has 0 aliphatic rings. The number of anilines is 2. The highest BCUT2D eigenvalue weighted by atomic mass is 15.1. The zero-order valence-electron chi connectivity index (χ0n) is 14.7. The maximum atomic E-state index is 2.27. The molecule has 0 aliphatic heterocycles. The van der Waals surface area contributed by atoms with Crippen LogP contribution in [0.25, 0.3) is 32.3 Å². The standard InChI is InChI=1S/C25H19N/c1-26(22-13-12-18-6-2-3-8-20(18)16-22)23-14-15-25-21(17-23)11-10-19-7-4-5-9-24(19)25/h2-17H,1H3. The van der Waals surface area contributed by atoms with E-state index in [4.69, 9.17) is 0 Å². The Bertz CT molecular complexity index is 1250. The van der Waals surface area contributed by atoms with Gasteiger partial charge in [0.15, 0.2) is 0 Å². The smallest absolute Gasteiger partial charge is 0.0414 e. The van der Waals surface area contributed by atoms with Gasteiger partial charge in [-0.15, -0.1) is 0 Å². The molecule has 0 spiro atoms. The summed E-state index contributed by atoms with van der Waals surface area (Å²) in [4.78, 5) is 2.25. The van der Waals surface area contributed by atoms with Gasteiger partial charge in [0.25, 0.3) is 0 Å². The Morgan fingerprint density at radius 2 is 1.00 bits per heavy atom. The topological polar surface area (TPSA) is 3.24 Å². The second kappa shape index (κ2) is 5.89. The molecule has 0 aromatic heterocycles. The third-order valence-electron chi connectivity index (χ3n) is 5.24. The largest absolute Gasteiger partial charge is 0.345 e.